The average molecular weight is 302 g/mol. The molecule has 0 aromatic carbocycles. The van der Waals surface area contributed by atoms with Crippen molar-refractivity contribution in [1.82, 2.24) is 15.1 Å². The van der Waals surface area contributed by atoms with Crippen LogP contribution >= 0.6 is 0 Å². The molecule has 2 unspecified atom stereocenters. The lowest BCUT2D eigenvalue weighted by Gasteiger charge is -2.37. The van der Waals surface area contributed by atoms with Crippen molar-refractivity contribution in [2.24, 2.45) is 11.8 Å². The smallest absolute Gasteiger partial charge is 0.261 e. The number of aliphatic hydroxyl groups is 1. The van der Waals surface area contributed by atoms with Gasteiger partial charge >= 0.3 is 0 Å². The van der Waals surface area contributed by atoms with Crippen molar-refractivity contribution in [2.45, 2.75) is 27.2 Å². The summed E-state index contributed by atoms with van der Waals surface area (Å²) in [5.41, 5.74) is 1.92. The van der Waals surface area contributed by atoms with Gasteiger partial charge in [-0.15, -0.1) is 0 Å². The number of aryl methyl sites for hydroxylation is 2. The Balaban J connectivity index is 1.97. The van der Waals surface area contributed by atoms with Crippen LogP contribution in [-0.4, -0.2) is 39.9 Å². The summed E-state index contributed by atoms with van der Waals surface area (Å²) < 4.78 is 5.33. The fourth-order valence-corrected chi connectivity index (χ4v) is 2.96. The number of anilines is 1. The minimum Gasteiger partial charge on any atom is -0.396 e. The molecule has 0 spiro atoms. The predicted octanol–water partition coefficient (Wildman–Crippen LogP) is 2.20. The zero-order valence-corrected chi connectivity index (χ0v) is 13.3. The molecule has 118 valence electrons. The Morgan fingerprint density at radius 2 is 2.23 bits per heavy atom. The number of rotatable bonds is 3. The standard InChI is InChI=1S/C16H22N4O2/c1-10-6-14(16-18-12(3)19-22-16)15(17-7-10)20-5-4-11(2)13(8-20)9-21/h6-7,11,13,21H,4-5,8-9H2,1-3H3. The first-order valence-corrected chi connectivity index (χ1v) is 7.71. The largest absolute Gasteiger partial charge is 0.396 e. The van der Waals surface area contributed by atoms with E-state index in [1.807, 2.05) is 19.2 Å². The van der Waals surface area contributed by atoms with Crippen molar-refractivity contribution in [3.8, 4) is 11.5 Å². The minimum atomic E-state index is 0.207. The molecule has 0 saturated carbocycles. The topological polar surface area (TPSA) is 75.3 Å². The number of aromatic nitrogens is 3. The molecular formula is C16H22N4O2. The average Bonchev–Trinajstić information content (AvgIpc) is 2.94. The number of nitrogens with zero attached hydrogens (tertiary/aromatic N) is 4. The van der Waals surface area contributed by atoms with Gasteiger partial charge in [-0.05, 0) is 37.8 Å². The first kappa shape index (κ1) is 15.0. The summed E-state index contributed by atoms with van der Waals surface area (Å²) >= 11 is 0. The summed E-state index contributed by atoms with van der Waals surface area (Å²) in [7, 11) is 0. The first-order chi connectivity index (χ1) is 10.6. The summed E-state index contributed by atoms with van der Waals surface area (Å²) in [6, 6.07) is 2.03. The molecule has 2 aromatic heterocycles. The van der Waals surface area contributed by atoms with Gasteiger partial charge in [0.05, 0.1) is 5.56 Å². The highest BCUT2D eigenvalue weighted by Gasteiger charge is 2.28. The predicted molar refractivity (Wildman–Crippen MR) is 83.6 cm³/mol. The molecular weight excluding hydrogens is 280 g/mol. The third kappa shape index (κ3) is 2.83. The van der Waals surface area contributed by atoms with E-state index in [-0.39, 0.29) is 12.5 Å². The molecule has 2 atom stereocenters. The molecule has 1 aliphatic heterocycles. The monoisotopic (exact) mass is 302 g/mol. The molecule has 6 heteroatoms. The summed E-state index contributed by atoms with van der Waals surface area (Å²) in [5.74, 6) is 2.78. The Bertz CT molecular complexity index is 655. The molecule has 1 saturated heterocycles. The molecule has 2 aromatic rings. The van der Waals surface area contributed by atoms with Gasteiger partial charge in [0, 0.05) is 31.8 Å². The highest BCUT2D eigenvalue weighted by Crippen LogP contribution is 2.33. The maximum Gasteiger partial charge on any atom is 0.261 e. The maximum absolute atomic E-state index is 9.57. The number of piperidine rings is 1. The summed E-state index contributed by atoms with van der Waals surface area (Å²) in [6.07, 6.45) is 2.90. The van der Waals surface area contributed by atoms with Gasteiger partial charge in [0.25, 0.3) is 5.89 Å². The molecule has 0 bridgehead atoms. The normalized spacial score (nSPS) is 22.1. The van der Waals surface area contributed by atoms with E-state index < -0.39 is 0 Å². The molecule has 1 N–H and O–H groups in total. The highest BCUT2D eigenvalue weighted by atomic mass is 16.5. The van der Waals surface area contributed by atoms with Gasteiger partial charge < -0.3 is 14.5 Å². The number of hydrogen-bond acceptors (Lipinski definition) is 6. The minimum absolute atomic E-state index is 0.207. The van der Waals surface area contributed by atoms with Crippen LogP contribution in [0.1, 0.15) is 24.7 Å². The van der Waals surface area contributed by atoms with Gasteiger partial charge in [-0.1, -0.05) is 12.1 Å². The van der Waals surface area contributed by atoms with Crippen LogP contribution < -0.4 is 4.90 Å². The van der Waals surface area contributed by atoms with Crippen molar-refractivity contribution in [1.29, 1.82) is 0 Å². The van der Waals surface area contributed by atoms with E-state index >= 15 is 0 Å². The Morgan fingerprint density at radius 1 is 1.41 bits per heavy atom. The van der Waals surface area contributed by atoms with E-state index in [0.29, 0.717) is 17.6 Å². The van der Waals surface area contributed by atoms with Crippen LogP contribution in [0.3, 0.4) is 0 Å². The molecule has 0 radical (unpaired) electrons. The van der Waals surface area contributed by atoms with Crippen LogP contribution in [0.25, 0.3) is 11.5 Å². The van der Waals surface area contributed by atoms with Gasteiger partial charge in [-0.25, -0.2) is 4.98 Å². The summed E-state index contributed by atoms with van der Waals surface area (Å²) in [5, 5.41) is 13.5. The van der Waals surface area contributed by atoms with Gasteiger partial charge in [0.2, 0.25) is 0 Å². The number of hydrogen-bond donors (Lipinski definition) is 1. The molecule has 6 nitrogen and oxygen atoms in total. The Morgan fingerprint density at radius 3 is 2.91 bits per heavy atom. The van der Waals surface area contributed by atoms with E-state index in [1.54, 1.807) is 6.92 Å². The summed E-state index contributed by atoms with van der Waals surface area (Å²) in [6.45, 7) is 7.93. The van der Waals surface area contributed by atoms with Crippen molar-refractivity contribution in [2.75, 3.05) is 24.6 Å². The zero-order chi connectivity index (χ0) is 15.7. The summed E-state index contributed by atoms with van der Waals surface area (Å²) in [4.78, 5) is 11.2. The lowest BCUT2D eigenvalue weighted by Crippen LogP contribution is -2.41. The van der Waals surface area contributed by atoms with Crippen molar-refractivity contribution in [3.05, 3.63) is 23.7 Å². The van der Waals surface area contributed by atoms with Crippen LogP contribution in [-0.2, 0) is 0 Å². The van der Waals surface area contributed by atoms with Gasteiger partial charge in [-0.3, -0.25) is 0 Å². The van der Waals surface area contributed by atoms with E-state index in [4.69, 9.17) is 4.52 Å². The molecule has 1 fully saturated rings. The molecule has 1 aliphatic rings. The zero-order valence-electron chi connectivity index (χ0n) is 13.3. The number of aliphatic hydroxyl groups excluding tert-OH is 1. The molecule has 0 amide bonds. The second kappa shape index (κ2) is 6.04. The van der Waals surface area contributed by atoms with E-state index in [0.717, 1.165) is 36.5 Å². The lowest BCUT2D eigenvalue weighted by atomic mass is 9.87. The third-order valence-electron chi connectivity index (χ3n) is 4.41. The van der Waals surface area contributed by atoms with Crippen LogP contribution in [0, 0.1) is 25.7 Å². The number of pyridine rings is 1. The Hall–Kier alpha value is -1.95. The van der Waals surface area contributed by atoms with Crippen molar-refractivity contribution >= 4 is 5.82 Å². The van der Waals surface area contributed by atoms with Crippen LogP contribution in [0.4, 0.5) is 5.82 Å². The van der Waals surface area contributed by atoms with Gasteiger partial charge in [0.1, 0.15) is 5.82 Å². The SMILES string of the molecule is Cc1cnc(N2CCC(C)C(CO)C2)c(-c2nc(C)no2)c1. The third-order valence-corrected chi connectivity index (χ3v) is 4.41. The molecule has 22 heavy (non-hydrogen) atoms. The van der Waals surface area contributed by atoms with Crippen LogP contribution in [0.5, 0.6) is 0 Å². The second-order valence-corrected chi connectivity index (χ2v) is 6.19. The Kier molecular flexibility index (Phi) is 4.11. The van der Waals surface area contributed by atoms with Gasteiger partial charge in [0.15, 0.2) is 5.82 Å². The van der Waals surface area contributed by atoms with Crippen molar-refractivity contribution in [3.63, 3.8) is 0 Å². The van der Waals surface area contributed by atoms with Crippen LogP contribution in [0.2, 0.25) is 0 Å². The fraction of sp³-hybridized carbons (Fsp3) is 0.562. The fourth-order valence-electron chi connectivity index (χ4n) is 2.96. The van der Waals surface area contributed by atoms with E-state index in [2.05, 4.69) is 26.9 Å². The van der Waals surface area contributed by atoms with E-state index in [1.165, 1.54) is 0 Å². The lowest BCUT2D eigenvalue weighted by molar-refractivity contribution is 0.166. The second-order valence-electron chi connectivity index (χ2n) is 6.19. The first-order valence-electron chi connectivity index (χ1n) is 7.71. The molecule has 3 heterocycles. The van der Waals surface area contributed by atoms with Crippen LogP contribution in [0.15, 0.2) is 16.8 Å². The van der Waals surface area contributed by atoms with Gasteiger partial charge in [-0.2, -0.15) is 4.98 Å². The molecule has 0 aliphatic carbocycles. The molecule has 3 rings (SSSR count). The van der Waals surface area contributed by atoms with E-state index in [9.17, 15) is 5.11 Å². The highest BCUT2D eigenvalue weighted by molar-refractivity contribution is 5.70. The quantitative estimate of drug-likeness (QED) is 0.937. The maximum atomic E-state index is 9.57. The van der Waals surface area contributed by atoms with Crippen molar-refractivity contribution < 1.29 is 9.63 Å². The Labute approximate surface area is 130 Å².